The number of hydrogen-bond acceptors (Lipinski definition) is 8. The zero-order valence-corrected chi connectivity index (χ0v) is 23.5. The SMILES string of the molecule is O=C(O)C(F)(F)F.O=C(O)CN1CCC(c2c(C#Cc3ccc4ccccc4n3)nc3c(N4CCOCC4)ccnn23)CC1. The number of benzene rings is 1. The summed E-state index contributed by atoms with van der Waals surface area (Å²) in [5.74, 6) is 3.19. The van der Waals surface area contributed by atoms with Crippen molar-refractivity contribution in [1.29, 1.82) is 0 Å². The topological polar surface area (TPSA) is 133 Å². The number of morpholine rings is 1. The molecule has 0 spiro atoms. The van der Waals surface area contributed by atoms with Crippen molar-refractivity contribution in [3.8, 4) is 11.8 Å². The van der Waals surface area contributed by atoms with Gasteiger partial charge < -0.3 is 19.8 Å². The van der Waals surface area contributed by atoms with Crippen LogP contribution in [0.4, 0.5) is 18.9 Å². The molecule has 0 aliphatic carbocycles. The zero-order valence-electron chi connectivity index (χ0n) is 23.5. The number of hydrogen-bond donors (Lipinski definition) is 2. The molecule has 44 heavy (non-hydrogen) atoms. The van der Waals surface area contributed by atoms with Gasteiger partial charge in [-0.2, -0.15) is 18.3 Å². The molecule has 11 nitrogen and oxygen atoms in total. The summed E-state index contributed by atoms with van der Waals surface area (Å²) < 4.78 is 39.2. The van der Waals surface area contributed by atoms with Crippen molar-refractivity contribution in [2.45, 2.75) is 24.9 Å². The van der Waals surface area contributed by atoms with Crippen molar-refractivity contribution in [2.75, 3.05) is 50.8 Å². The number of nitrogens with zero attached hydrogens (tertiary/aromatic N) is 6. The van der Waals surface area contributed by atoms with Gasteiger partial charge in [0.2, 0.25) is 0 Å². The molecule has 5 heterocycles. The molecule has 0 saturated carbocycles. The van der Waals surface area contributed by atoms with Crippen LogP contribution in [0, 0.1) is 11.8 Å². The van der Waals surface area contributed by atoms with Crippen molar-refractivity contribution in [3.63, 3.8) is 0 Å². The van der Waals surface area contributed by atoms with Crippen LogP contribution in [0.5, 0.6) is 0 Å². The van der Waals surface area contributed by atoms with Gasteiger partial charge in [0, 0.05) is 24.4 Å². The highest BCUT2D eigenvalue weighted by Crippen LogP contribution is 2.33. The Hall–Kier alpha value is -4.74. The summed E-state index contributed by atoms with van der Waals surface area (Å²) in [5, 5.41) is 22.1. The Morgan fingerprint density at radius 2 is 1.66 bits per heavy atom. The van der Waals surface area contributed by atoms with Crippen molar-refractivity contribution in [1.82, 2.24) is 24.5 Å². The van der Waals surface area contributed by atoms with Gasteiger partial charge >= 0.3 is 18.1 Å². The van der Waals surface area contributed by atoms with Gasteiger partial charge in [0.25, 0.3) is 0 Å². The first-order valence-electron chi connectivity index (χ1n) is 13.9. The first-order valence-corrected chi connectivity index (χ1v) is 13.9. The summed E-state index contributed by atoms with van der Waals surface area (Å²) in [4.78, 5) is 34.1. The number of carbonyl (C=O) groups is 2. The van der Waals surface area contributed by atoms with E-state index in [1.807, 2.05) is 58.1 Å². The van der Waals surface area contributed by atoms with Gasteiger partial charge in [-0.05, 0) is 56.0 Å². The summed E-state index contributed by atoms with van der Waals surface area (Å²) in [6.07, 6.45) is -1.61. The first kappa shape index (κ1) is 30.7. The first-order chi connectivity index (χ1) is 21.1. The molecule has 2 saturated heterocycles. The lowest BCUT2D eigenvalue weighted by molar-refractivity contribution is -0.192. The third kappa shape index (κ3) is 7.24. The summed E-state index contributed by atoms with van der Waals surface area (Å²) in [7, 11) is 0. The number of fused-ring (bicyclic) bond motifs is 2. The van der Waals surface area contributed by atoms with Gasteiger partial charge in [-0.1, -0.05) is 24.3 Å². The third-order valence-corrected chi connectivity index (χ3v) is 7.37. The largest absolute Gasteiger partial charge is 0.490 e. The monoisotopic (exact) mass is 610 g/mol. The van der Waals surface area contributed by atoms with Gasteiger partial charge in [-0.15, -0.1) is 0 Å². The second-order valence-electron chi connectivity index (χ2n) is 10.3. The molecule has 3 aromatic heterocycles. The number of likely N-dealkylation sites (tertiary alicyclic amines) is 1. The van der Waals surface area contributed by atoms with Crippen molar-refractivity contribution in [3.05, 3.63) is 65.7 Å². The minimum Gasteiger partial charge on any atom is -0.480 e. The van der Waals surface area contributed by atoms with E-state index in [4.69, 9.17) is 29.7 Å². The van der Waals surface area contributed by atoms with Crippen LogP contribution >= 0.6 is 0 Å². The van der Waals surface area contributed by atoms with Crippen molar-refractivity contribution in [2.24, 2.45) is 0 Å². The molecule has 0 radical (unpaired) electrons. The normalized spacial score (nSPS) is 16.2. The van der Waals surface area contributed by atoms with Crippen LogP contribution in [-0.4, -0.2) is 98.7 Å². The van der Waals surface area contributed by atoms with Crippen LogP contribution in [0.1, 0.15) is 35.8 Å². The fraction of sp³-hybridized carbons (Fsp3) is 0.367. The lowest BCUT2D eigenvalue weighted by atomic mass is 9.92. The van der Waals surface area contributed by atoms with Crippen LogP contribution in [0.2, 0.25) is 0 Å². The highest BCUT2D eigenvalue weighted by molar-refractivity contribution is 5.79. The van der Waals surface area contributed by atoms with Crippen LogP contribution in [0.25, 0.3) is 16.6 Å². The van der Waals surface area contributed by atoms with E-state index in [1.165, 1.54) is 0 Å². The molecule has 230 valence electrons. The molecule has 2 aliphatic heterocycles. The summed E-state index contributed by atoms with van der Waals surface area (Å²) >= 11 is 0. The fourth-order valence-corrected chi connectivity index (χ4v) is 5.28. The van der Waals surface area contributed by atoms with E-state index in [-0.39, 0.29) is 12.5 Å². The van der Waals surface area contributed by atoms with Crippen molar-refractivity contribution >= 4 is 34.2 Å². The molecule has 0 bridgehead atoms. The molecule has 0 atom stereocenters. The molecular weight excluding hydrogens is 581 g/mol. The molecule has 0 unspecified atom stereocenters. The Labute approximate surface area is 249 Å². The van der Waals surface area contributed by atoms with Gasteiger partial charge in [-0.25, -0.2) is 19.3 Å². The molecule has 2 N–H and O–H groups in total. The Bertz CT molecular complexity index is 1720. The Morgan fingerprint density at radius 1 is 0.955 bits per heavy atom. The number of imidazole rings is 1. The average Bonchev–Trinajstić information content (AvgIpc) is 3.39. The number of para-hydroxylation sites is 1. The van der Waals surface area contributed by atoms with Crippen molar-refractivity contribution < 1.29 is 37.7 Å². The van der Waals surface area contributed by atoms with Crippen LogP contribution in [-0.2, 0) is 14.3 Å². The smallest absolute Gasteiger partial charge is 0.480 e. The molecule has 14 heteroatoms. The third-order valence-electron chi connectivity index (χ3n) is 7.37. The number of ether oxygens (including phenoxy) is 1. The predicted molar refractivity (Wildman–Crippen MR) is 153 cm³/mol. The van der Waals surface area contributed by atoms with E-state index in [1.54, 1.807) is 0 Å². The Morgan fingerprint density at radius 3 is 2.34 bits per heavy atom. The van der Waals surface area contributed by atoms with Gasteiger partial charge in [-0.3, -0.25) is 9.69 Å². The lowest BCUT2D eigenvalue weighted by Gasteiger charge is -2.31. The van der Waals surface area contributed by atoms with E-state index in [0.29, 0.717) is 37.7 Å². The minimum atomic E-state index is -5.08. The number of piperidine rings is 1. The second kappa shape index (κ2) is 13.3. The number of rotatable bonds is 4. The maximum absolute atomic E-state index is 11.2. The minimum absolute atomic E-state index is 0.0690. The van der Waals surface area contributed by atoms with E-state index < -0.39 is 18.1 Å². The second-order valence-corrected chi connectivity index (χ2v) is 10.3. The number of aliphatic carboxylic acids is 2. The van der Waals surface area contributed by atoms with E-state index in [0.717, 1.165) is 53.9 Å². The van der Waals surface area contributed by atoms with Crippen LogP contribution in [0.3, 0.4) is 0 Å². The molecule has 2 fully saturated rings. The number of pyridine rings is 1. The van der Waals surface area contributed by atoms with E-state index in [2.05, 4.69) is 16.7 Å². The molecular formula is C30H29F3N6O5. The highest BCUT2D eigenvalue weighted by atomic mass is 19.4. The fourth-order valence-electron chi connectivity index (χ4n) is 5.28. The van der Waals surface area contributed by atoms with E-state index in [9.17, 15) is 23.1 Å². The number of carboxylic acids is 2. The van der Waals surface area contributed by atoms with Gasteiger partial charge in [0.15, 0.2) is 5.65 Å². The Kier molecular flexibility index (Phi) is 9.26. The number of carboxylic acid groups (broad SMARTS) is 2. The number of alkyl halides is 3. The quantitative estimate of drug-likeness (QED) is 0.331. The maximum Gasteiger partial charge on any atom is 0.490 e. The Balaban J connectivity index is 0.000000493. The average molecular weight is 611 g/mol. The van der Waals surface area contributed by atoms with E-state index >= 15 is 0 Å². The standard InChI is InChI=1S/C28H28N6O3.C2HF3O2/c35-26(36)19-32-13-10-21(11-14-32)27-24(8-7-22-6-5-20-3-1-2-4-23(20)30-22)31-28-25(9-12-29-34(27)28)33-15-17-37-18-16-33;3-2(4,5)1(6)7/h1-6,9,12,21H,10-11,13-19H2,(H,35,36);(H,6,7). The van der Waals surface area contributed by atoms with Crippen LogP contribution in [0.15, 0.2) is 48.7 Å². The van der Waals surface area contributed by atoms with Gasteiger partial charge in [0.1, 0.15) is 11.4 Å². The van der Waals surface area contributed by atoms with Gasteiger partial charge in [0.05, 0.1) is 42.9 Å². The summed E-state index contributed by atoms with van der Waals surface area (Å²) in [5.41, 5.74) is 5.13. The molecule has 2 aliphatic rings. The summed E-state index contributed by atoms with van der Waals surface area (Å²) in [6.45, 7) is 4.47. The number of anilines is 1. The molecule has 4 aromatic rings. The highest BCUT2D eigenvalue weighted by Gasteiger charge is 2.38. The predicted octanol–water partition coefficient (Wildman–Crippen LogP) is 3.41. The molecule has 0 amide bonds. The zero-order chi connectivity index (χ0) is 31.3. The maximum atomic E-state index is 11.2. The molecule has 6 rings (SSSR count). The summed E-state index contributed by atoms with van der Waals surface area (Å²) in [6, 6.07) is 14.0. The number of halogens is 3. The number of aromatic nitrogens is 4. The van der Waals surface area contributed by atoms with Crippen LogP contribution < -0.4 is 4.90 Å². The molecule has 1 aromatic carbocycles. The lowest BCUT2D eigenvalue weighted by Crippen LogP contribution is -2.37.